The molecule has 0 N–H and O–H groups in total. The zero-order valence-electron chi connectivity index (χ0n) is 13.8. The molecule has 1 atom stereocenters. The molecule has 0 bridgehead atoms. The van der Waals surface area contributed by atoms with E-state index in [2.05, 4.69) is 10.3 Å². The zero-order chi connectivity index (χ0) is 17.3. The molecule has 1 unspecified atom stereocenters. The van der Waals surface area contributed by atoms with Crippen LogP contribution >= 0.6 is 0 Å². The lowest BCUT2D eigenvalue weighted by atomic mass is 10.2. The van der Waals surface area contributed by atoms with E-state index < -0.39 is 15.2 Å². The number of para-hydroxylation sites is 1. The molecule has 0 amide bonds. The molecule has 0 aliphatic heterocycles. The smallest absolute Gasteiger partial charge is 0.205 e. The second-order valence-corrected chi connectivity index (χ2v) is 8.06. The van der Waals surface area contributed by atoms with Gasteiger partial charge in [-0.3, -0.25) is 0 Å². The maximum atomic E-state index is 13.2. The number of aryl methyl sites for hydroxylation is 1. The fraction of sp³-hybridized carbons (Fsp3) is 0.222. The van der Waals surface area contributed by atoms with Crippen LogP contribution in [0.3, 0.4) is 0 Å². The van der Waals surface area contributed by atoms with Crippen molar-refractivity contribution >= 4 is 20.9 Å². The third-order valence-corrected chi connectivity index (χ3v) is 5.66. The fourth-order valence-electron chi connectivity index (χ4n) is 2.52. The molecule has 24 heavy (non-hydrogen) atoms. The highest BCUT2D eigenvalue weighted by Gasteiger charge is 2.29. The van der Waals surface area contributed by atoms with Crippen molar-refractivity contribution in [3.8, 4) is 0 Å². The molecule has 0 saturated carbocycles. The fourth-order valence-corrected chi connectivity index (χ4v) is 4.18. The second-order valence-electron chi connectivity index (χ2n) is 6.02. The molecule has 0 aliphatic carbocycles. The van der Waals surface area contributed by atoms with Crippen molar-refractivity contribution in [2.45, 2.75) is 31.0 Å². The normalized spacial score (nSPS) is 13.0. The minimum absolute atomic E-state index is 0.273. The van der Waals surface area contributed by atoms with Gasteiger partial charge in [-0.05, 0) is 51.1 Å². The Morgan fingerprint density at radius 3 is 2.42 bits per heavy atom. The van der Waals surface area contributed by atoms with E-state index in [-0.39, 0.29) is 4.90 Å². The van der Waals surface area contributed by atoms with Crippen LogP contribution in [0.5, 0.6) is 0 Å². The topological polar surface area (TPSA) is 64.8 Å². The van der Waals surface area contributed by atoms with Crippen LogP contribution in [0.15, 0.2) is 65.1 Å². The number of hydrogen-bond donors (Lipinski definition) is 0. The van der Waals surface area contributed by atoms with E-state index in [0.717, 1.165) is 11.1 Å². The highest BCUT2D eigenvalue weighted by Crippen LogP contribution is 2.28. The van der Waals surface area contributed by atoms with Crippen LogP contribution in [0, 0.1) is 6.92 Å². The van der Waals surface area contributed by atoms with Crippen LogP contribution in [-0.2, 0) is 9.84 Å². The van der Waals surface area contributed by atoms with Crippen LogP contribution in [0.1, 0.15) is 24.8 Å². The Bertz CT molecular complexity index is 998. The van der Waals surface area contributed by atoms with Crippen LogP contribution in [0.4, 0.5) is 0 Å². The Kier molecular flexibility index (Phi) is 4.24. The van der Waals surface area contributed by atoms with Gasteiger partial charge in [0.1, 0.15) is 5.52 Å². The first-order chi connectivity index (χ1) is 11.4. The second kappa shape index (κ2) is 6.20. The van der Waals surface area contributed by atoms with Crippen LogP contribution < -0.4 is 0 Å². The van der Waals surface area contributed by atoms with Crippen molar-refractivity contribution in [3.63, 3.8) is 0 Å². The predicted molar refractivity (Wildman–Crippen MR) is 94.4 cm³/mol. The number of nitrogens with zero attached hydrogens (tertiary/aromatic N) is 3. The minimum Gasteiger partial charge on any atom is -0.222 e. The number of aromatic nitrogens is 3. The zero-order valence-corrected chi connectivity index (χ0v) is 14.7. The molecule has 2 aromatic carbocycles. The van der Waals surface area contributed by atoms with Gasteiger partial charge in [0.2, 0.25) is 9.84 Å². The van der Waals surface area contributed by atoms with Crippen molar-refractivity contribution in [2.24, 2.45) is 0 Å². The number of sulfone groups is 1. The number of hydrogen-bond acceptors (Lipinski definition) is 4. The molecular weight excluding hydrogens is 322 g/mol. The lowest BCUT2D eigenvalue weighted by Gasteiger charge is -2.16. The molecule has 5 nitrogen and oxygen atoms in total. The predicted octanol–water partition coefficient (Wildman–Crippen LogP) is 3.68. The van der Waals surface area contributed by atoms with Gasteiger partial charge in [-0.25, -0.2) is 13.1 Å². The molecular formula is C18H19N3O2S. The molecule has 1 aromatic heterocycles. The molecule has 0 aliphatic rings. The van der Waals surface area contributed by atoms with Crippen LogP contribution in [0.2, 0.25) is 0 Å². The van der Waals surface area contributed by atoms with Crippen molar-refractivity contribution in [1.29, 1.82) is 0 Å². The highest BCUT2D eigenvalue weighted by atomic mass is 32.2. The first-order valence-electron chi connectivity index (χ1n) is 7.65. The van der Waals surface area contributed by atoms with Gasteiger partial charge in [0.15, 0.2) is 5.37 Å². The first-order valence-corrected chi connectivity index (χ1v) is 9.20. The van der Waals surface area contributed by atoms with E-state index in [1.54, 1.807) is 30.3 Å². The van der Waals surface area contributed by atoms with Gasteiger partial charge in [-0.15, -0.1) is 5.10 Å². The van der Waals surface area contributed by atoms with Crippen molar-refractivity contribution < 1.29 is 8.42 Å². The van der Waals surface area contributed by atoms with E-state index >= 15 is 0 Å². The van der Waals surface area contributed by atoms with Crippen LogP contribution in [-0.4, -0.2) is 23.4 Å². The summed E-state index contributed by atoms with van der Waals surface area (Å²) in [4.78, 5) is 0.273. The first kappa shape index (κ1) is 16.4. The molecule has 124 valence electrons. The Morgan fingerprint density at radius 2 is 1.75 bits per heavy atom. The summed E-state index contributed by atoms with van der Waals surface area (Å²) in [6, 6.07) is 14.2. The number of allylic oxidation sites excluding steroid dienone is 1. The number of rotatable bonds is 4. The molecule has 3 rings (SSSR count). The molecule has 0 radical (unpaired) electrons. The lowest BCUT2D eigenvalue weighted by Crippen LogP contribution is -2.20. The summed E-state index contributed by atoms with van der Waals surface area (Å²) in [5.74, 6) is 0. The quantitative estimate of drug-likeness (QED) is 0.679. The third-order valence-electron chi connectivity index (χ3n) is 3.76. The van der Waals surface area contributed by atoms with Crippen LogP contribution in [0.25, 0.3) is 11.0 Å². The molecule has 0 spiro atoms. The van der Waals surface area contributed by atoms with Gasteiger partial charge in [0, 0.05) is 0 Å². The largest absolute Gasteiger partial charge is 0.222 e. The summed E-state index contributed by atoms with van der Waals surface area (Å²) in [7, 11) is -3.64. The summed E-state index contributed by atoms with van der Waals surface area (Å²) in [6.07, 6.45) is 1.70. The Hall–Kier alpha value is -2.47. The van der Waals surface area contributed by atoms with E-state index in [0.29, 0.717) is 11.0 Å². The standard InChI is InChI=1S/C18H19N3O2S/c1-13(2)12-18(21-17-7-5-4-6-16(17)19-20-21)24(22,23)15-10-8-14(3)9-11-15/h4-12,18H,1-3H3. The summed E-state index contributed by atoms with van der Waals surface area (Å²) in [5, 5.41) is 7.26. The van der Waals surface area contributed by atoms with Gasteiger partial charge in [0.05, 0.1) is 10.4 Å². The summed E-state index contributed by atoms with van der Waals surface area (Å²) >= 11 is 0. The van der Waals surface area contributed by atoms with Gasteiger partial charge >= 0.3 is 0 Å². The minimum atomic E-state index is -3.64. The third kappa shape index (κ3) is 2.97. The van der Waals surface area contributed by atoms with Crippen molar-refractivity contribution in [2.75, 3.05) is 0 Å². The highest BCUT2D eigenvalue weighted by molar-refractivity contribution is 7.91. The summed E-state index contributed by atoms with van der Waals surface area (Å²) in [5.41, 5.74) is 3.27. The summed E-state index contributed by atoms with van der Waals surface area (Å²) in [6.45, 7) is 5.67. The lowest BCUT2D eigenvalue weighted by molar-refractivity contribution is 0.554. The van der Waals surface area contributed by atoms with E-state index in [1.807, 2.05) is 45.0 Å². The monoisotopic (exact) mass is 341 g/mol. The number of benzene rings is 2. The van der Waals surface area contributed by atoms with Gasteiger partial charge < -0.3 is 0 Å². The number of fused-ring (bicyclic) bond motifs is 1. The van der Waals surface area contributed by atoms with Crippen molar-refractivity contribution in [1.82, 2.24) is 15.0 Å². The molecule has 1 heterocycles. The van der Waals surface area contributed by atoms with Gasteiger partial charge in [0.25, 0.3) is 0 Å². The Labute approximate surface area is 141 Å². The van der Waals surface area contributed by atoms with E-state index in [9.17, 15) is 8.42 Å². The van der Waals surface area contributed by atoms with Gasteiger partial charge in [-0.1, -0.05) is 40.6 Å². The molecule has 0 saturated heterocycles. The van der Waals surface area contributed by atoms with E-state index in [4.69, 9.17) is 0 Å². The Morgan fingerprint density at radius 1 is 1.08 bits per heavy atom. The van der Waals surface area contributed by atoms with Gasteiger partial charge in [-0.2, -0.15) is 0 Å². The Balaban J connectivity index is 2.20. The average Bonchev–Trinajstić information content (AvgIpc) is 2.96. The SMILES string of the molecule is CC(C)=CC(n1nnc2ccccc21)S(=O)(=O)c1ccc(C)cc1. The molecule has 6 heteroatoms. The maximum absolute atomic E-state index is 13.2. The summed E-state index contributed by atoms with van der Waals surface area (Å²) < 4.78 is 27.8. The molecule has 0 fully saturated rings. The maximum Gasteiger partial charge on any atom is 0.205 e. The molecule has 3 aromatic rings. The average molecular weight is 341 g/mol. The van der Waals surface area contributed by atoms with Crippen molar-refractivity contribution in [3.05, 3.63) is 65.7 Å². The van der Waals surface area contributed by atoms with E-state index in [1.165, 1.54) is 4.68 Å².